The summed E-state index contributed by atoms with van der Waals surface area (Å²) >= 11 is 0. The van der Waals surface area contributed by atoms with Crippen LogP contribution in [0.4, 0.5) is 0 Å². The van der Waals surface area contributed by atoms with Gasteiger partial charge in [-0.3, -0.25) is 8.97 Å². The Labute approximate surface area is 260 Å². The monoisotopic (exact) mass is 576 g/mol. The largest absolute Gasteiger partial charge is 0.307 e. The number of para-hydroxylation sites is 5. The van der Waals surface area contributed by atoms with E-state index in [1.54, 1.807) is 0 Å². The van der Waals surface area contributed by atoms with Crippen molar-refractivity contribution in [3.05, 3.63) is 170 Å². The summed E-state index contributed by atoms with van der Waals surface area (Å²) in [6, 6.07) is 60.1. The molecule has 0 saturated heterocycles. The third kappa shape index (κ3) is 3.89. The minimum Gasteiger partial charge on any atom is -0.307 e. The van der Waals surface area contributed by atoms with Gasteiger partial charge in [-0.05, 0) is 47.5 Å². The summed E-state index contributed by atoms with van der Waals surface area (Å²) in [6.45, 7) is 0. The van der Waals surface area contributed by atoms with E-state index in [4.69, 9.17) is 4.98 Å². The highest BCUT2D eigenvalue weighted by Gasteiger charge is 2.30. The van der Waals surface area contributed by atoms with E-state index in [1.807, 2.05) is 0 Å². The first-order valence-corrected chi connectivity index (χ1v) is 15.3. The number of benzene rings is 6. The molecule has 0 bridgehead atoms. The van der Waals surface area contributed by atoms with Crippen LogP contribution in [0.25, 0.3) is 72.9 Å². The van der Waals surface area contributed by atoms with Crippen molar-refractivity contribution in [3.8, 4) is 45.0 Å². The number of aromatic nitrogens is 4. The lowest BCUT2D eigenvalue weighted by Crippen LogP contribution is -2.02. The van der Waals surface area contributed by atoms with Crippen molar-refractivity contribution in [1.29, 1.82) is 0 Å². The second-order valence-corrected chi connectivity index (χ2v) is 11.2. The van der Waals surface area contributed by atoms with Crippen LogP contribution in [0.1, 0.15) is 0 Å². The molecule has 0 saturated carbocycles. The predicted octanol–water partition coefficient (Wildman–Crippen LogP) is 10.2. The summed E-state index contributed by atoms with van der Waals surface area (Å²) in [5, 5.41) is 0. The summed E-state index contributed by atoms with van der Waals surface area (Å²) in [5.41, 5.74) is 13.3. The van der Waals surface area contributed by atoms with E-state index in [0.29, 0.717) is 0 Å². The molecule has 0 amide bonds. The normalized spacial score (nSPS) is 11.6. The summed E-state index contributed by atoms with van der Waals surface area (Å²) in [4.78, 5) is 5.30. The van der Waals surface area contributed by atoms with Crippen LogP contribution in [0.5, 0.6) is 0 Å². The molecule has 0 aliphatic carbocycles. The zero-order valence-corrected chi connectivity index (χ0v) is 24.5. The Morgan fingerprint density at radius 2 is 0.867 bits per heavy atom. The Balaban J connectivity index is 1.58. The second-order valence-electron chi connectivity index (χ2n) is 11.2. The maximum absolute atomic E-state index is 5.30. The zero-order chi connectivity index (χ0) is 29.7. The van der Waals surface area contributed by atoms with Gasteiger partial charge in [-0.1, -0.05) is 133 Å². The highest BCUT2D eigenvalue weighted by atomic mass is 15.2. The topological polar surface area (TPSA) is 27.2 Å². The fourth-order valence-electron chi connectivity index (χ4n) is 6.79. The van der Waals surface area contributed by atoms with Crippen LogP contribution in [0.2, 0.25) is 0 Å². The molecule has 0 N–H and O–H groups in total. The van der Waals surface area contributed by atoms with Crippen LogP contribution in [0.3, 0.4) is 0 Å². The highest BCUT2D eigenvalue weighted by molar-refractivity contribution is 6.01. The standard InChI is InChI=1S/C41H28N4/c1-5-17-29(18-6-1)37-38(30-19-7-2-8-20-30)43(32-23-11-4-12-24-32)39(31-21-9-3-10-22-31)40(37)45-36-28-16-15-27-35(36)44-34-26-14-13-25-33(34)42-41(44)45/h1-28H. The average molecular weight is 577 g/mol. The van der Waals surface area contributed by atoms with Gasteiger partial charge in [0.15, 0.2) is 0 Å². The third-order valence-corrected chi connectivity index (χ3v) is 8.65. The number of imidazole rings is 2. The van der Waals surface area contributed by atoms with E-state index >= 15 is 0 Å². The Morgan fingerprint density at radius 3 is 1.51 bits per heavy atom. The first-order valence-electron chi connectivity index (χ1n) is 15.3. The highest BCUT2D eigenvalue weighted by Crippen LogP contribution is 2.48. The Bertz CT molecular complexity index is 2350. The molecule has 3 heterocycles. The van der Waals surface area contributed by atoms with Crippen LogP contribution >= 0.6 is 0 Å². The van der Waals surface area contributed by atoms with Gasteiger partial charge in [0.2, 0.25) is 5.78 Å². The van der Waals surface area contributed by atoms with Crippen LogP contribution in [-0.2, 0) is 0 Å². The summed E-state index contributed by atoms with van der Waals surface area (Å²) in [7, 11) is 0. The van der Waals surface area contributed by atoms with Crippen molar-refractivity contribution in [1.82, 2.24) is 18.5 Å². The molecule has 45 heavy (non-hydrogen) atoms. The van der Waals surface area contributed by atoms with Crippen LogP contribution in [-0.4, -0.2) is 18.5 Å². The number of fused-ring (bicyclic) bond motifs is 5. The Kier molecular flexibility index (Phi) is 5.78. The molecule has 9 aromatic rings. The van der Waals surface area contributed by atoms with Crippen molar-refractivity contribution < 1.29 is 0 Å². The maximum Gasteiger partial charge on any atom is 0.220 e. The molecule has 4 heteroatoms. The average Bonchev–Trinajstić information content (AvgIpc) is 3.77. The molecule has 0 atom stereocenters. The summed E-state index contributed by atoms with van der Waals surface area (Å²) in [6.07, 6.45) is 0. The van der Waals surface area contributed by atoms with Crippen LogP contribution in [0, 0.1) is 0 Å². The molecule has 0 unspecified atom stereocenters. The van der Waals surface area contributed by atoms with Gasteiger partial charge in [0.05, 0.1) is 39.1 Å². The van der Waals surface area contributed by atoms with Gasteiger partial charge in [-0.2, -0.15) is 0 Å². The van der Waals surface area contributed by atoms with Crippen molar-refractivity contribution in [2.24, 2.45) is 0 Å². The van der Waals surface area contributed by atoms with E-state index < -0.39 is 0 Å². The molecule has 0 radical (unpaired) electrons. The first-order chi connectivity index (χ1) is 22.4. The zero-order valence-electron chi connectivity index (χ0n) is 24.5. The van der Waals surface area contributed by atoms with Crippen molar-refractivity contribution in [2.45, 2.75) is 0 Å². The lowest BCUT2D eigenvalue weighted by atomic mass is 9.98. The smallest absolute Gasteiger partial charge is 0.220 e. The molecule has 4 nitrogen and oxygen atoms in total. The molecular formula is C41H28N4. The van der Waals surface area contributed by atoms with Gasteiger partial charge in [-0.25, -0.2) is 4.98 Å². The second kappa shape index (κ2) is 10.2. The summed E-state index contributed by atoms with van der Waals surface area (Å²) in [5.74, 6) is 0.886. The van der Waals surface area contributed by atoms with Crippen molar-refractivity contribution >= 4 is 27.8 Å². The van der Waals surface area contributed by atoms with E-state index in [2.05, 4.69) is 183 Å². The number of hydrogen-bond acceptors (Lipinski definition) is 1. The molecular weight excluding hydrogens is 548 g/mol. The Hall–Kier alpha value is -6.13. The number of nitrogens with zero attached hydrogens (tertiary/aromatic N) is 4. The Morgan fingerprint density at radius 1 is 0.378 bits per heavy atom. The minimum atomic E-state index is 0.886. The quantitative estimate of drug-likeness (QED) is 0.200. The van der Waals surface area contributed by atoms with Gasteiger partial charge in [0.25, 0.3) is 0 Å². The van der Waals surface area contributed by atoms with Crippen LogP contribution in [0.15, 0.2) is 170 Å². The van der Waals surface area contributed by atoms with E-state index in [1.165, 1.54) is 0 Å². The van der Waals surface area contributed by atoms with E-state index in [9.17, 15) is 0 Å². The fourth-order valence-corrected chi connectivity index (χ4v) is 6.79. The molecule has 3 aromatic heterocycles. The first kappa shape index (κ1) is 25.4. The molecule has 212 valence electrons. The molecule has 6 aromatic carbocycles. The van der Waals surface area contributed by atoms with Gasteiger partial charge < -0.3 is 4.57 Å². The predicted molar refractivity (Wildman–Crippen MR) is 185 cm³/mol. The van der Waals surface area contributed by atoms with Gasteiger partial charge in [-0.15, -0.1) is 0 Å². The van der Waals surface area contributed by atoms with Crippen molar-refractivity contribution in [2.75, 3.05) is 0 Å². The third-order valence-electron chi connectivity index (χ3n) is 8.65. The molecule has 0 aliphatic rings. The minimum absolute atomic E-state index is 0.886. The summed E-state index contributed by atoms with van der Waals surface area (Å²) < 4.78 is 7.12. The van der Waals surface area contributed by atoms with E-state index in [-0.39, 0.29) is 0 Å². The van der Waals surface area contributed by atoms with Crippen LogP contribution < -0.4 is 0 Å². The fraction of sp³-hybridized carbons (Fsp3) is 0. The van der Waals surface area contributed by atoms with Gasteiger partial charge >= 0.3 is 0 Å². The number of hydrogen-bond donors (Lipinski definition) is 0. The maximum atomic E-state index is 5.30. The molecule has 0 aliphatic heterocycles. The van der Waals surface area contributed by atoms with Gasteiger partial charge in [0.1, 0.15) is 0 Å². The van der Waals surface area contributed by atoms with Crippen molar-refractivity contribution in [3.63, 3.8) is 0 Å². The SMILES string of the molecule is c1ccc(-c2c(-n3c4ccccc4n4c5ccccc5nc34)c(-c3ccccc3)n(-c3ccccc3)c2-c2ccccc2)cc1. The lowest BCUT2D eigenvalue weighted by Gasteiger charge is -2.15. The molecule has 9 rings (SSSR count). The molecule has 0 fully saturated rings. The molecule has 0 spiro atoms. The lowest BCUT2D eigenvalue weighted by molar-refractivity contribution is 1.07. The van der Waals surface area contributed by atoms with Gasteiger partial charge in [0, 0.05) is 16.8 Å². The van der Waals surface area contributed by atoms with E-state index in [0.717, 1.165) is 72.9 Å². The number of rotatable bonds is 5.